The smallest absolute Gasteiger partial charge is 0.251 e. The van der Waals surface area contributed by atoms with E-state index in [1.165, 1.54) is 30.0 Å². The summed E-state index contributed by atoms with van der Waals surface area (Å²) in [4.78, 5) is 25.5. The minimum atomic E-state index is -0.882. The average molecular weight is 426 g/mol. The van der Waals surface area contributed by atoms with Crippen molar-refractivity contribution in [1.82, 2.24) is 25.5 Å². The number of amides is 2. The number of ether oxygens (including phenoxy) is 1. The van der Waals surface area contributed by atoms with Gasteiger partial charge in [0.15, 0.2) is 5.82 Å². The predicted octanol–water partition coefficient (Wildman–Crippen LogP) is 2.51. The summed E-state index contributed by atoms with van der Waals surface area (Å²) in [5, 5.41) is 16.5. The number of hydrogen-bond acceptors (Lipinski definition) is 6. The van der Waals surface area contributed by atoms with Gasteiger partial charge in [-0.1, -0.05) is 13.8 Å². The molecule has 1 atom stereocenters. The van der Waals surface area contributed by atoms with Crippen molar-refractivity contribution in [3.05, 3.63) is 59.7 Å². The third-order valence-electron chi connectivity index (χ3n) is 4.67. The molecule has 2 N–H and O–H groups in total. The summed E-state index contributed by atoms with van der Waals surface area (Å²) in [7, 11) is 1.53. The molecule has 1 heterocycles. The number of halogens is 1. The molecular weight excluding hydrogens is 403 g/mol. The van der Waals surface area contributed by atoms with Crippen LogP contribution in [0.15, 0.2) is 42.5 Å². The Morgan fingerprint density at radius 2 is 1.84 bits per heavy atom. The van der Waals surface area contributed by atoms with E-state index in [-0.39, 0.29) is 11.6 Å². The molecule has 162 valence electrons. The minimum absolute atomic E-state index is 0.0400. The van der Waals surface area contributed by atoms with Crippen molar-refractivity contribution < 1.29 is 18.7 Å². The van der Waals surface area contributed by atoms with Gasteiger partial charge >= 0.3 is 0 Å². The molecular formula is C21H23FN6O3. The van der Waals surface area contributed by atoms with Crippen molar-refractivity contribution in [3.8, 4) is 11.4 Å². The minimum Gasteiger partial charge on any atom is -0.497 e. The van der Waals surface area contributed by atoms with Crippen LogP contribution < -0.4 is 15.4 Å². The fourth-order valence-corrected chi connectivity index (χ4v) is 2.92. The maximum atomic E-state index is 14.4. The van der Waals surface area contributed by atoms with Crippen molar-refractivity contribution in [3.63, 3.8) is 0 Å². The van der Waals surface area contributed by atoms with Crippen LogP contribution in [0.5, 0.6) is 5.75 Å². The Labute approximate surface area is 178 Å². The molecule has 2 aromatic carbocycles. The number of anilines is 1. The van der Waals surface area contributed by atoms with E-state index >= 15 is 0 Å². The fourth-order valence-electron chi connectivity index (χ4n) is 2.92. The van der Waals surface area contributed by atoms with Gasteiger partial charge in [-0.3, -0.25) is 9.59 Å². The molecule has 0 fully saturated rings. The average Bonchev–Trinajstić information content (AvgIpc) is 3.19. The van der Waals surface area contributed by atoms with Gasteiger partial charge in [-0.05, 0) is 65.7 Å². The number of aryl methyl sites for hydroxylation is 1. The van der Waals surface area contributed by atoms with Gasteiger partial charge in [-0.25, -0.2) is 4.39 Å². The zero-order chi connectivity index (χ0) is 22.5. The Morgan fingerprint density at radius 1 is 1.13 bits per heavy atom. The van der Waals surface area contributed by atoms with E-state index in [2.05, 4.69) is 26.2 Å². The number of carbonyl (C=O) groups excluding carboxylic acids is 2. The third-order valence-corrected chi connectivity index (χ3v) is 4.67. The second kappa shape index (κ2) is 9.33. The van der Waals surface area contributed by atoms with Crippen LogP contribution >= 0.6 is 0 Å². The highest BCUT2D eigenvalue weighted by atomic mass is 19.1. The Balaban J connectivity index is 1.77. The van der Waals surface area contributed by atoms with Crippen LogP contribution in [0, 0.1) is 18.7 Å². The molecule has 0 aliphatic heterocycles. The summed E-state index contributed by atoms with van der Waals surface area (Å²) in [5.41, 5.74) is 0.825. The summed E-state index contributed by atoms with van der Waals surface area (Å²) in [6.45, 7) is 5.27. The van der Waals surface area contributed by atoms with Crippen LogP contribution in [0.2, 0.25) is 0 Å². The molecule has 9 nitrogen and oxygen atoms in total. The van der Waals surface area contributed by atoms with E-state index in [0.717, 1.165) is 0 Å². The summed E-state index contributed by atoms with van der Waals surface area (Å²) in [6, 6.07) is 9.77. The first-order valence-electron chi connectivity index (χ1n) is 9.61. The number of rotatable bonds is 7. The van der Waals surface area contributed by atoms with Gasteiger partial charge in [0.25, 0.3) is 5.91 Å². The Morgan fingerprint density at radius 3 is 2.42 bits per heavy atom. The number of methoxy groups -OCH3 is 1. The van der Waals surface area contributed by atoms with Crippen molar-refractivity contribution in [2.45, 2.75) is 26.8 Å². The highest BCUT2D eigenvalue weighted by molar-refractivity contribution is 6.01. The van der Waals surface area contributed by atoms with Gasteiger partial charge in [-0.15, -0.1) is 5.10 Å². The lowest BCUT2D eigenvalue weighted by Gasteiger charge is -2.22. The van der Waals surface area contributed by atoms with Gasteiger partial charge in [0, 0.05) is 5.56 Å². The summed E-state index contributed by atoms with van der Waals surface area (Å²) >= 11 is 0. The number of hydrogen-bond donors (Lipinski definition) is 2. The molecule has 0 aliphatic carbocycles. The molecule has 1 aromatic heterocycles. The largest absolute Gasteiger partial charge is 0.497 e. The number of tetrazole rings is 1. The predicted molar refractivity (Wildman–Crippen MR) is 112 cm³/mol. The van der Waals surface area contributed by atoms with Gasteiger partial charge in [-0.2, -0.15) is 4.68 Å². The van der Waals surface area contributed by atoms with Gasteiger partial charge in [0.05, 0.1) is 18.5 Å². The SMILES string of the molecule is COc1ccc(C(=O)NC(C(=O)Nc2cc(-n3nnnc3C)ccc2F)C(C)C)cc1. The summed E-state index contributed by atoms with van der Waals surface area (Å²) in [6.07, 6.45) is 0. The van der Waals surface area contributed by atoms with Gasteiger partial charge in [0.1, 0.15) is 17.6 Å². The van der Waals surface area contributed by atoms with Crippen molar-refractivity contribution in [2.75, 3.05) is 12.4 Å². The van der Waals surface area contributed by atoms with E-state index in [4.69, 9.17) is 4.74 Å². The van der Waals surface area contributed by atoms with Crippen LogP contribution in [0.3, 0.4) is 0 Å². The fraction of sp³-hybridized carbons (Fsp3) is 0.286. The number of nitrogens with zero attached hydrogens (tertiary/aromatic N) is 4. The van der Waals surface area contributed by atoms with Crippen molar-refractivity contribution in [2.24, 2.45) is 5.92 Å². The standard InChI is InChI=1S/C21H23FN6O3/c1-12(2)19(24-20(29)14-5-8-16(31-4)9-6-14)21(30)23-18-11-15(7-10-17(18)22)28-13(3)25-26-27-28/h5-12,19H,1-4H3,(H,23,30)(H,24,29). The van der Waals surface area contributed by atoms with Crippen molar-refractivity contribution >= 4 is 17.5 Å². The third kappa shape index (κ3) is 5.03. The molecule has 0 saturated heterocycles. The Bertz CT molecular complexity index is 1080. The van der Waals surface area contributed by atoms with Crippen LogP contribution in [0.4, 0.5) is 10.1 Å². The lowest BCUT2D eigenvalue weighted by molar-refractivity contribution is -0.118. The number of nitrogens with one attached hydrogen (secondary N) is 2. The molecule has 0 spiro atoms. The molecule has 0 saturated carbocycles. The first-order chi connectivity index (χ1) is 14.8. The zero-order valence-corrected chi connectivity index (χ0v) is 17.6. The van der Waals surface area contributed by atoms with E-state index in [1.54, 1.807) is 45.0 Å². The summed E-state index contributed by atoms with van der Waals surface area (Å²) < 4.78 is 20.9. The number of carbonyl (C=O) groups is 2. The maximum absolute atomic E-state index is 14.4. The first kappa shape index (κ1) is 21.9. The highest BCUT2D eigenvalue weighted by Crippen LogP contribution is 2.20. The molecule has 31 heavy (non-hydrogen) atoms. The first-order valence-corrected chi connectivity index (χ1v) is 9.61. The molecule has 0 radical (unpaired) electrons. The summed E-state index contributed by atoms with van der Waals surface area (Å²) in [5.74, 6) is -0.697. The molecule has 3 aromatic rings. The molecule has 0 aliphatic rings. The monoisotopic (exact) mass is 426 g/mol. The lowest BCUT2D eigenvalue weighted by atomic mass is 10.0. The quantitative estimate of drug-likeness (QED) is 0.601. The topological polar surface area (TPSA) is 111 Å². The van der Waals surface area contributed by atoms with E-state index < -0.39 is 23.7 Å². The molecule has 2 amide bonds. The number of aromatic nitrogens is 4. The van der Waals surface area contributed by atoms with Crippen molar-refractivity contribution in [1.29, 1.82) is 0 Å². The van der Waals surface area contributed by atoms with Crippen LogP contribution in [-0.4, -0.2) is 45.2 Å². The van der Waals surface area contributed by atoms with Gasteiger partial charge < -0.3 is 15.4 Å². The second-order valence-electron chi connectivity index (χ2n) is 7.21. The highest BCUT2D eigenvalue weighted by Gasteiger charge is 2.26. The lowest BCUT2D eigenvalue weighted by Crippen LogP contribution is -2.47. The molecule has 10 heteroatoms. The van der Waals surface area contributed by atoms with Crippen LogP contribution in [0.1, 0.15) is 30.0 Å². The van der Waals surface area contributed by atoms with Crippen LogP contribution in [-0.2, 0) is 4.79 Å². The van der Waals surface area contributed by atoms with E-state index in [1.807, 2.05) is 0 Å². The number of benzene rings is 2. The Hall–Kier alpha value is -3.82. The zero-order valence-electron chi connectivity index (χ0n) is 17.6. The van der Waals surface area contributed by atoms with Gasteiger partial charge in [0.2, 0.25) is 5.91 Å². The van der Waals surface area contributed by atoms with Crippen LogP contribution in [0.25, 0.3) is 5.69 Å². The molecule has 0 bridgehead atoms. The Kier molecular flexibility index (Phi) is 6.58. The maximum Gasteiger partial charge on any atom is 0.251 e. The molecule has 3 rings (SSSR count). The second-order valence-corrected chi connectivity index (χ2v) is 7.21. The molecule has 1 unspecified atom stereocenters. The van der Waals surface area contributed by atoms with E-state index in [9.17, 15) is 14.0 Å². The normalized spacial score (nSPS) is 11.8. The van der Waals surface area contributed by atoms with E-state index in [0.29, 0.717) is 22.8 Å².